The molecule has 1 aliphatic heterocycles. The van der Waals surface area contributed by atoms with Crippen LogP contribution in [-0.2, 0) is 4.74 Å². The van der Waals surface area contributed by atoms with E-state index in [1.54, 1.807) is 6.07 Å². The Morgan fingerprint density at radius 3 is 3.00 bits per heavy atom. The quantitative estimate of drug-likeness (QED) is 0.633. The van der Waals surface area contributed by atoms with E-state index in [-0.39, 0.29) is 17.3 Å². The smallest absolute Gasteiger partial charge is 0.270 e. The molecular formula is C11H11N3O3. The third kappa shape index (κ3) is 2.52. The first kappa shape index (κ1) is 11.4. The molecule has 1 atom stereocenters. The van der Waals surface area contributed by atoms with E-state index >= 15 is 0 Å². The summed E-state index contributed by atoms with van der Waals surface area (Å²) in [4.78, 5) is 10.1. The molecule has 0 aromatic heterocycles. The lowest BCUT2D eigenvalue weighted by Gasteiger charge is -2.13. The Balaban J connectivity index is 2.22. The second-order valence-corrected chi connectivity index (χ2v) is 3.80. The minimum Gasteiger partial charge on any atom is -0.379 e. The number of nitriles is 1. The first-order chi connectivity index (χ1) is 8.20. The van der Waals surface area contributed by atoms with Crippen molar-refractivity contribution in [3.05, 3.63) is 33.9 Å². The van der Waals surface area contributed by atoms with Crippen LogP contribution in [-0.4, -0.2) is 24.2 Å². The molecule has 0 spiro atoms. The van der Waals surface area contributed by atoms with Crippen LogP contribution in [0.4, 0.5) is 11.4 Å². The molecular weight excluding hydrogens is 222 g/mol. The summed E-state index contributed by atoms with van der Waals surface area (Å²) in [5.41, 5.74) is 0.828. The maximum Gasteiger partial charge on any atom is 0.270 e. The summed E-state index contributed by atoms with van der Waals surface area (Å²) in [5, 5.41) is 22.7. The van der Waals surface area contributed by atoms with Crippen LogP contribution in [0.5, 0.6) is 0 Å². The van der Waals surface area contributed by atoms with Gasteiger partial charge in [-0.1, -0.05) is 0 Å². The number of anilines is 1. The van der Waals surface area contributed by atoms with Gasteiger partial charge in [0.2, 0.25) is 0 Å². The van der Waals surface area contributed by atoms with Gasteiger partial charge in [0.05, 0.1) is 28.8 Å². The molecule has 1 unspecified atom stereocenters. The van der Waals surface area contributed by atoms with E-state index < -0.39 is 4.92 Å². The van der Waals surface area contributed by atoms with E-state index in [0.29, 0.717) is 18.9 Å². The molecule has 1 aliphatic rings. The van der Waals surface area contributed by atoms with Gasteiger partial charge in [0.1, 0.15) is 6.07 Å². The van der Waals surface area contributed by atoms with Crippen LogP contribution < -0.4 is 5.32 Å². The number of nitrogens with one attached hydrogen (secondary N) is 1. The predicted octanol–water partition coefficient (Wildman–Crippen LogP) is 1.67. The highest BCUT2D eigenvalue weighted by molar-refractivity contribution is 5.61. The zero-order valence-electron chi connectivity index (χ0n) is 9.05. The number of non-ortho nitro benzene ring substituents is 1. The van der Waals surface area contributed by atoms with Gasteiger partial charge < -0.3 is 10.1 Å². The normalized spacial score (nSPS) is 18.6. The Bertz CT molecular complexity index is 475. The molecule has 1 aromatic carbocycles. The van der Waals surface area contributed by atoms with Crippen LogP contribution in [0.25, 0.3) is 0 Å². The number of benzene rings is 1. The van der Waals surface area contributed by atoms with Gasteiger partial charge in [0.15, 0.2) is 0 Å². The van der Waals surface area contributed by atoms with Crippen LogP contribution >= 0.6 is 0 Å². The molecule has 1 saturated heterocycles. The molecule has 88 valence electrons. The topological polar surface area (TPSA) is 88.2 Å². The molecule has 1 N–H and O–H groups in total. The highest BCUT2D eigenvalue weighted by Gasteiger charge is 2.17. The molecule has 6 nitrogen and oxygen atoms in total. The highest BCUT2D eigenvalue weighted by Crippen LogP contribution is 2.23. The van der Waals surface area contributed by atoms with Crippen LogP contribution in [0.1, 0.15) is 12.0 Å². The van der Waals surface area contributed by atoms with E-state index in [1.807, 2.05) is 6.07 Å². The van der Waals surface area contributed by atoms with E-state index in [9.17, 15) is 10.1 Å². The molecule has 0 radical (unpaired) electrons. The maximum atomic E-state index is 10.6. The molecule has 0 bridgehead atoms. The minimum atomic E-state index is -0.511. The van der Waals surface area contributed by atoms with Gasteiger partial charge in [0, 0.05) is 18.7 Å². The molecule has 17 heavy (non-hydrogen) atoms. The Kier molecular flexibility index (Phi) is 3.21. The number of hydrogen-bond donors (Lipinski definition) is 1. The van der Waals surface area contributed by atoms with Crippen molar-refractivity contribution in [3.63, 3.8) is 0 Å². The number of ether oxygens (including phenoxy) is 1. The fourth-order valence-electron chi connectivity index (χ4n) is 1.73. The summed E-state index contributed by atoms with van der Waals surface area (Å²) in [6.07, 6.45) is 0.877. The van der Waals surface area contributed by atoms with Crippen molar-refractivity contribution < 1.29 is 9.66 Å². The van der Waals surface area contributed by atoms with Crippen LogP contribution in [0, 0.1) is 21.4 Å². The zero-order valence-corrected chi connectivity index (χ0v) is 9.05. The third-order valence-corrected chi connectivity index (χ3v) is 2.62. The van der Waals surface area contributed by atoms with Crippen LogP contribution in [0.15, 0.2) is 18.2 Å². The van der Waals surface area contributed by atoms with E-state index in [2.05, 4.69) is 5.32 Å². The summed E-state index contributed by atoms with van der Waals surface area (Å²) in [6, 6.07) is 6.36. The van der Waals surface area contributed by atoms with Gasteiger partial charge in [-0.2, -0.15) is 5.26 Å². The van der Waals surface area contributed by atoms with Gasteiger partial charge in [0.25, 0.3) is 5.69 Å². The zero-order chi connectivity index (χ0) is 12.3. The second-order valence-electron chi connectivity index (χ2n) is 3.80. The summed E-state index contributed by atoms with van der Waals surface area (Å²) >= 11 is 0. The molecule has 2 rings (SSSR count). The van der Waals surface area contributed by atoms with E-state index in [1.165, 1.54) is 12.1 Å². The molecule has 6 heteroatoms. The lowest BCUT2D eigenvalue weighted by atomic mass is 10.1. The van der Waals surface area contributed by atoms with Crippen molar-refractivity contribution in [2.45, 2.75) is 12.5 Å². The van der Waals surface area contributed by atoms with Gasteiger partial charge in [-0.05, 0) is 12.5 Å². The fraction of sp³-hybridized carbons (Fsp3) is 0.364. The fourth-order valence-corrected chi connectivity index (χ4v) is 1.73. The average Bonchev–Trinajstić information content (AvgIpc) is 2.82. The van der Waals surface area contributed by atoms with Crippen molar-refractivity contribution >= 4 is 11.4 Å². The van der Waals surface area contributed by atoms with Gasteiger partial charge in [-0.25, -0.2) is 0 Å². The predicted molar refractivity (Wildman–Crippen MR) is 60.7 cm³/mol. The van der Waals surface area contributed by atoms with Crippen molar-refractivity contribution in [3.8, 4) is 6.07 Å². The lowest BCUT2D eigenvalue weighted by molar-refractivity contribution is -0.384. The molecule has 0 amide bonds. The average molecular weight is 233 g/mol. The Morgan fingerprint density at radius 1 is 1.59 bits per heavy atom. The Hall–Kier alpha value is -2.13. The van der Waals surface area contributed by atoms with E-state index in [0.717, 1.165) is 6.42 Å². The van der Waals surface area contributed by atoms with Crippen molar-refractivity contribution in [1.29, 1.82) is 5.26 Å². The highest BCUT2D eigenvalue weighted by atomic mass is 16.6. The summed E-state index contributed by atoms with van der Waals surface area (Å²) in [6.45, 7) is 1.30. The number of nitrogens with zero attached hydrogens (tertiary/aromatic N) is 2. The Morgan fingerprint density at radius 2 is 2.41 bits per heavy atom. The summed E-state index contributed by atoms with van der Waals surface area (Å²) in [7, 11) is 0. The molecule has 1 fully saturated rings. The monoisotopic (exact) mass is 233 g/mol. The van der Waals surface area contributed by atoms with E-state index in [4.69, 9.17) is 10.00 Å². The van der Waals surface area contributed by atoms with Crippen LogP contribution in [0.2, 0.25) is 0 Å². The van der Waals surface area contributed by atoms with Gasteiger partial charge in [-0.15, -0.1) is 0 Å². The number of rotatable bonds is 3. The lowest BCUT2D eigenvalue weighted by Crippen LogP contribution is -2.19. The summed E-state index contributed by atoms with van der Waals surface area (Å²) < 4.78 is 5.21. The maximum absolute atomic E-state index is 10.6. The van der Waals surface area contributed by atoms with Gasteiger partial charge >= 0.3 is 0 Å². The SMILES string of the molecule is N#Cc1cc([N+](=O)[O-])ccc1NC1CCOC1. The molecule has 1 aromatic rings. The third-order valence-electron chi connectivity index (χ3n) is 2.62. The molecule has 0 aliphatic carbocycles. The minimum absolute atomic E-state index is 0.0743. The Labute approximate surface area is 98.0 Å². The van der Waals surface area contributed by atoms with Crippen molar-refractivity contribution in [2.24, 2.45) is 0 Å². The molecule has 0 saturated carbocycles. The summed E-state index contributed by atoms with van der Waals surface area (Å²) in [5.74, 6) is 0. The van der Waals surface area contributed by atoms with Crippen molar-refractivity contribution in [1.82, 2.24) is 0 Å². The molecule has 1 heterocycles. The largest absolute Gasteiger partial charge is 0.379 e. The number of hydrogen-bond acceptors (Lipinski definition) is 5. The van der Waals surface area contributed by atoms with Crippen LogP contribution in [0.3, 0.4) is 0 Å². The van der Waals surface area contributed by atoms with Crippen molar-refractivity contribution in [2.75, 3.05) is 18.5 Å². The van der Waals surface area contributed by atoms with Gasteiger partial charge in [-0.3, -0.25) is 10.1 Å². The second kappa shape index (κ2) is 4.80. The first-order valence-electron chi connectivity index (χ1n) is 5.23. The first-order valence-corrected chi connectivity index (χ1v) is 5.23. The standard InChI is InChI=1S/C11H11N3O3/c12-6-8-5-10(14(15)16)1-2-11(8)13-9-3-4-17-7-9/h1-2,5,9,13H,3-4,7H2. The number of nitro benzene ring substituents is 1. The number of nitro groups is 1.